The summed E-state index contributed by atoms with van der Waals surface area (Å²) in [6, 6.07) is 0. The third kappa shape index (κ3) is 29.4. The Morgan fingerprint density at radius 2 is 1.18 bits per heavy atom. The maximum absolute atomic E-state index is 11.4. The van der Waals surface area contributed by atoms with Gasteiger partial charge in [-0.15, -0.1) is 0 Å². The van der Waals surface area contributed by atoms with Gasteiger partial charge in [-0.25, -0.2) is 0 Å². The van der Waals surface area contributed by atoms with Gasteiger partial charge in [0.1, 0.15) is 12.7 Å². The van der Waals surface area contributed by atoms with E-state index < -0.39 is 36.9 Å². The summed E-state index contributed by atoms with van der Waals surface area (Å²) in [6.45, 7) is 1.79. The molecule has 0 heterocycles. The molecule has 1 atom stereocenters. The molecule has 0 aromatic heterocycles. The van der Waals surface area contributed by atoms with Gasteiger partial charge in [-0.3, -0.25) is 4.79 Å². The summed E-state index contributed by atoms with van der Waals surface area (Å²) in [5.41, 5.74) is 0. The van der Waals surface area contributed by atoms with E-state index in [4.69, 9.17) is 27.7 Å². The van der Waals surface area contributed by atoms with Crippen LogP contribution in [-0.2, 0) is 9.53 Å². The van der Waals surface area contributed by atoms with Crippen molar-refractivity contribution in [2.24, 2.45) is 0 Å². The van der Waals surface area contributed by atoms with Gasteiger partial charge >= 0.3 is 49.6 Å². The van der Waals surface area contributed by atoms with Crippen molar-refractivity contribution in [1.29, 1.82) is 0 Å². The molecule has 0 saturated carbocycles. The molecule has 0 aliphatic rings. The molecule has 7 heteroatoms. The van der Waals surface area contributed by atoms with E-state index in [-0.39, 0.29) is 19.2 Å². The summed E-state index contributed by atoms with van der Waals surface area (Å²) >= 11 is -0.931. The molecular weight excluding hydrogens is 427 g/mol. The summed E-state index contributed by atoms with van der Waals surface area (Å²) in [7, 11) is 0. The Labute approximate surface area is 196 Å². The first-order valence-electron chi connectivity index (χ1n) is 11.2. The molecule has 0 aliphatic carbocycles. The first-order valence-corrected chi connectivity index (χ1v) is 17.3. The van der Waals surface area contributed by atoms with Crippen molar-refractivity contribution in [2.75, 3.05) is 13.2 Å². The van der Waals surface area contributed by atoms with Crippen LogP contribution in [0.4, 0.5) is 0 Å². The zero-order valence-electron chi connectivity index (χ0n) is 18.0. The zero-order valence-corrected chi connectivity index (χ0v) is 21.7. The van der Waals surface area contributed by atoms with Crippen LogP contribution >= 0.6 is 12.8 Å². The van der Waals surface area contributed by atoms with Gasteiger partial charge in [0.2, 0.25) is 0 Å². The van der Waals surface area contributed by atoms with Crippen LogP contribution in [0.1, 0.15) is 110 Å². The molecule has 4 nitrogen and oxygen atoms in total. The molecule has 166 valence electrons. The van der Waals surface area contributed by atoms with Crippen LogP contribution in [0.3, 0.4) is 0 Å². The number of hydrogen-bond donors (Lipinski definition) is 2. The van der Waals surface area contributed by atoms with Crippen LogP contribution in [-0.4, -0.2) is 66.3 Å². The van der Waals surface area contributed by atoms with Gasteiger partial charge in [0.05, 0.1) is 6.61 Å². The second kappa shape index (κ2) is 28.2. The summed E-state index contributed by atoms with van der Waals surface area (Å²) in [5.74, 6) is -0.276. The van der Waals surface area contributed by atoms with Crippen molar-refractivity contribution in [3.63, 3.8) is 0 Å². The maximum atomic E-state index is 11.4. The number of unbranched alkanes of at least 4 members (excludes halogenated alkanes) is 14. The van der Waals surface area contributed by atoms with Crippen molar-refractivity contribution in [3.8, 4) is 0 Å². The predicted molar refractivity (Wildman–Crippen MR) is 121 cm³/mol. The number of hydrogen-bond acceptors (Lipinski definition) is 4. The van der Waals surface area contributed by atoms with Gasteiger partial charge in [-0.2, -0.15) is 0 Å². The molecular formula is C21H42CaCl2O4. The molecule has 0 spiro atoms. The van der Waals surface area contributed by atoms with Crippen LogP contribution < -0.4 is 0 Å². The minimum atomic E-state index is -0.954. The van der Waals surface area contributed by atoms with Crippen molar-refractivity contribution in [3.05, 3.63) is 0 Å². The van der Waals surface area contributed by atoms with E-state index in [2.05, 4.69) is 6.92 Å². The summed E-state index contributed by atoms with van der Waals surface area (Å²) in [5, 5.41) is 17.7. The van der Waals surface area contributed by atoms with Crippen LogP contribution in [0.25, 0.3) is 0 Å². The Morgan fingerprint density at radius 1 is 0.821 bits per heavy atom. The number of rotatable bonds is 19. The van der Waals surface area contributed by atoms with Crippen LogP contribution in [0.15, 0.2) is 0 Å². The Balaban J connectivity index is 0. The summed E-state index contributed by atoms with van der Waals surface area (Å²) < 4.78 is 4.86. The molecule has 0 fully saturated rings. The first-order chi connectivity index (χ1) is 13.6. The number of ether oxygens (including phenoxy) is 1. The number of esters is 1. The van der Waals surface area contributed by atoms with Gasteiger partial charge < -0.3 is 14.9 Å². The molecule has 0 saturated heterocycles. The fraction of sp³-hybridized carbons (Fsp3) is 0.952. The molecule has 0 aromatic carbocycles. The normalized spacial score (nSPS) is 11.3. The monoisotopic (exact) mass is 468 g/mol. The van der Waals surface area contributed by atoms with E-state index >= 15 is 0 Å². The molecule has 0 rings (SSSR count). The van der Waals surface area contributed by atoms with E-state index in [1.807, 2.05) is 0 Å². The SMILES string of the molecule is CCCCCCCCCCCCCCCCCC(=O)OCC(O)CO.[Cl][Ca][Cl]. The average molecular weight is 470 g/mol. The van der Waals surface area contributed by atoms with E-state index in [1.165, 1.54) is 83.5 Å². The zero-order chi connectivity index (χ0) is 21.3. The topological polar surface area (TPSA) is 66.8 Å². The predicted octanol–water partition coefficient (Wildman–Crippen LogP) is 6.14. The van der Waals surface area contributed by atoms with E-state index in [9.17, 15) is 4.79 Å². The van der Waals surface area contributed by atoms with Gasteiger partial charge in [0.25, 0.3) is 0 Å². The minimum absolute atomic E-state index is 0.103. The molecule has 2 N–H and O–H groups in total. The first kappa shape index (κ1) is 31.4. The van der Waals surface area contributed by atoms with Crippen molar-refractivity contribution < 1.29 is 19.7 Å². The van der Waals surface area contributed by atoms with Crippen LogP contribution in [0.2, 0.25) is 0 Å². The molecule has 0 amide bonds. The molecule has 0 bridgehead atoms. The van der Waals surface area contributed by atoms with Crippen molar-refractivity contribution in [1.82, 2.24) is 0 Å². The Kier molecular flexibility index (Phi) is 31.7. The van der Waals surface area contributed by atoms with Crippen LogP contribution in [0, 0.1) is 0 Å². The quantitative estimate of drug-likeness (QED) is 0.135. The number of halogens is 2. The second-order valence-corrected chi connectivity index (χ2v) is 11.0. The Morgan fingerprint density at radius 3 is 1.54 bits per heavy atom. The van der Waals surface area contributed by atoms with E-state index in [0.29, 0.717) is 6.42 Å². The fourth-order valence-electron chi connectivity index (χ4n) is 2.95. The number of aliphatic hydroxyl groups excluding tert-OH is 2. The third-order valence-electron chi connectivity index (χ3n) is 4.63. The van der Waals surface area contributed by atoms with Crippen molar-refractivity contribution in [2.45, 2.75) is 116 Å². The fourth-order valence-corrected chi connectivity index (χ4v) is 2.95. The van der Waals surface area contributed by atoms with Gasteiger partial charge in [-0.1, -0.05) is 96.8 Å². The number of carbonyl (C=O) groups is 1. The van der Waals surface area contributed by atoms with E-state index in [1.54, 1.807) is 0 Å². The second-order valence-electron chi connectivity index (χ2n) is 7.32. The van der Waals surface area contributed by atoms with Gasteiger partial charge in [0, 0.05) is 6.42 Å². The summed E-state index contributed by atoms with van der Waals surface area (Å²) in [6.07, 6.45) is 28.9. The average Bonchev–Trinajstić information content (AvgIpc) is 2.69. The van der Waals surface area contributed by atoms with Crippen LogP contribution in [0.5, 0.6) is 0 Å². The van der Waals surface area contributed by atoms with E-state index in [0.717, 1.165) is 12.8 Å². The molecule has 1 unspecified atom stereocenters. The number of carbonyl (C=O) groups excluding carboxylic acids is 1. The third-order valence-corrected chi connectivity index (χ3v) is 4.63. The molecule has 28 heavy (non-hydrogen) atoms. The Hall–Kier alpha value is 1.23. The van der Waals surface area contributed by atoms with Crippen molar-refractivity contribution >= 4 is 49.6 Å². The van der Waals surface area contributed by atoms with Gasteiger partial charge in [0.15, 0.2) is 0 Å². The molecule has 0 aliphatic heterocycles. The Bertz CT molecular complexity index is 310. The molecule has 0 aromatic rings. The number of aliphatic hydroxyl groups is 2. The van der Waals surface area contributed by atoms with Gasteiger partial charge in [-0.05, 0) is 6.42 Å². The molecule has 0 radical (unpaired) electrons. The standard InChI is InChI=1S/C21H42O4.Ca.2ClH/c1-2-3-4-5-6-7-8-9-10-11-12-13-14-15-16-17-21(24)25-19-20(23)18-22;;;/h20,22-23H,2-19H2,1H3;;2*1H/q;+2;;/p-2. The summed E-state index contributed by atoms with van der Waals surface area (Å²) in [4.78, 5) is 11.4.